The quantitative estimate of drug-likeness (QED) is 0.550. The number of hydrogen-bond acceptors (Lipinski definition) is 3. The third-order valence-corrected chi connectivity index (χ3v) is 1.14. The lowest BCUT2D eigenvalue weighted by molar-refractivity contribution is 0.212. The van der Waals surface area contributed by atoms with E-state index in [0.29, 0.717) is 0 Å². The third kappa shape index (κ3) is 2.67. The van der Waals surface area contributed by atoms with Gasteiger partial charge in [0.15, 0.2) is 0 Å². The van der Waals surface area contributed by atoms with Gasteiger partial charge in [0.1, 0.15) is 7.11 Å². The SMILES string of the molecule is CO/N=C1/CCNC1.Cl. The van der Waals surface area contributed by atoms with Crippen LogP contribution in [0.3, 0.4) is 0 Å². The molecule has 0 aliphatic carbocycles. The van der Waals surface area contributed by atoms with Crippen molar-refractivity contribution in [3.63, 3.8) is 0 Å². The molecule has 0 atom stereocenters. The molecule has 1 aliphatic heterocycles. The molecule has 0 unspecified atom stereocenters. The van der Waals surface area contributed by atoms with Crippen LogP contribution in [-0.2, 0) is 4.84 Å². The van der Waals surface area contributed by atoms with Crippen molar-refractivity contribution in [3.05, 3.63) is 0 Å². The van der Waals surface area contributed by atoms with Crippen LogP contribution in [0.15, 0.2) is 5.16 Å². The number of nitrogens with one attached hydrogen (secondary N) is 1. The predicted molar refractivity (Wildman–Crippen MR) is 39.2 cm³/mol. The Hall–Kier alpha value is -0.280. The molecule has 0 radical (unpaired) electrons. The fourth-order valence-electron chi connectivity index (χ4n) is 0.761. The zero-order valence-electron chi connectivity index (χ0n) is 5.39. The van der Waals surface area contributed by atoms with Crippen LogP contribution in [0.5, 0.6) is 0 Å². The van der Waals surface area contributed by atoms with Gasteiger partial charge in [-0.15, -0.1) is 12.4 Å². The van der Waals surface area contributed by atoms with E-state index in [9.17, 15) is 0 Å². The molecule has 9 heavy (non-hydrogen) atoms. The first-order valence-electron chi connectivity index (χ1n) is 2.73. The van der Waals surface area contributed by atoms with Crippen LogP contribution in [0.4, 0.5) is 0 Å². The van der Waals surface area contributed by atoms with Crippen LogP contribution in [0.2, 0.25) is 0 Å². The van der Waals surface area contributed by atoms with Crippen LogP contribution >= 0.6 is 12.4 Å². The summed E-state index contributed by atoms with van der Waals surface area (Å²) in [4.78, 5) is 4.57. The van der Waals surface area contributed by atoms with E-state index in [1.165, 1.54) is 0 Å². The van der Waals surface area contributed by atoms with E-state index < -0.39 is 0 Å². The van der Waals surface area contributed by atoms with E-state index in [2.05, 4.69) is 15.3 Å². The Kier molecular flexibility index (Phi) is 4.44. The van der Waals surface area contributed by atoms with Crippen LogP contribution in [0.1, 0.15) is 6.42 Å². The molecular weight excluding hydrogens is 140 g/mol. The molecule has 0 aromatic carbocycles. The van der Waals surface area contributed by atoms with Crippen molar-refractivity contribution in [2.24, 2.45) is 5.16 Å². The molecule has 0 aromatic rings. The second-order valence-corrected chi connectivity index (χ2v) is 1.77. The lowest BCUT2D eigenvalue weighted by Crippen LogP contribution is -2.08. The molecule has 1 aliphatic rings. The van der Waals surface area contributed by atoms with Crippen molar-refractivity contribution in [3.8, 4) is 0 Å². The molecule has 1 N–H and O–H groups in total. The van der Waals surface area contributed by atoms with E-state index in [1.54, 1.807) is 7.11 Å². The first-order valence-corrected chi connectivity index (χ1v) is 2.73. The monoisotopic (exact) mass is 150 g/mol. The summed E-state index contributed by atoms with van der Waals surface area (Å²) >= 11 is 0. The maximum Gasteiger partial charge on any atom is 0.106 e. The van der Waals surface area contributed by atoms with Crippen LogP contribution < -0.4 is 5.32 Å². The highest BCUT2D eigenvalue weighted by molar-refractivity contribution is 5.87. The van der Waals surface area contributed by atoms with Crippen molar-refractivity contribution in [2.45, 2.75) is 6.42 Å². The zero-order chi connectivity index (χ0) is 5.82. The second-order valence-electron chi connectivity index (χ2n) is 1.77. The molecule has 1 saturated heterocycles. The number of oxime groups is 1. The van der Waals surface area contributed by atoms with E-state index in [4.69, 9.17) is 0 Å². The average Bonchev–Trinajstić information content (AvgIpc) is 2.19. The van der Waals surface area contributed by atoms with Gasteiger partial charge in [0, 0.05) is 19.5 Å². The molecule has 1 heterocycles. The maximum absolute atomic E-state index is 4.57. The normalized spacial score (nSPS) is 21.7. The molecule has 3 nitrogen and oxygen atoms in total. The maximum atomic E-state index is 4.57. The van der Waals surface area contributed by atoms with Gasteiger partial charge in [-0.2, -0.15) is 0 Å². The van der Waals surface area contributed by atoms with Crippen LogP contribution in [0, 0.1) is 0 Å². The molecule has 0 bridgehead atoms. The highest BCUT2D eigenvalue weighted by Gasteiger charge is 2.05. The van der Waals surface area contributed by atoms with Gasteiger partial charge in [0.05, 0.1) is 5.71 Å². The van der Waals surface area contributed by atoms with Gasteiger partial charge >= 0.3 is 0 Å². The van der Waals surface area contributed by atoms with Gasteiger partial charge in [-0.3, -0.25) is 0 Å². The molecule has 1 rings (SSSR count). The van der Waals surface area contributed by atoms with Gasteiger partial charge in [-0.25, -0.2) is 0 Å². The highest BCUT2D eigenvalue weighted by Crippen LogP contribution is 1.91. The summed E-state index contributed by atoms with van der Waals surface area (Å²) in [6.45, 7) is 1.94. The molecular formula is C5H11ClN2O. The summed E-state index contributed by atoms with van der Waals surface area (Å²) in [6, 6.07) is 0. The Bertz CT molecular complexity index is 97.1. The summed E-state index contributed by atoms with van der Waals surface area (Å²) in [6.07, 6.45) is 1.04. The third-order valence-electron chi connectivity index (χ3n) is 1.14. The number of nitrogens with zero attached hydrogens (tertiary/aromatic N) is 1. The Morgan fingerprint density at radius 2 is 2.44 bits per heavy atom. The summed E-state index contributed by atoms with van der Waals surface area (Å²) in [5.41, 5.74) is 1.12. The van der Waals surface area contributed by atoms with Crippen LogP contribution in [0.25, 0.3) is 0 Å². The fraction of sp³-hybridized carbons (Fsp3) is 0.800. The van der Waals surface area contributed by atoms with E-state index in [1.807, 2.05) is 0 Å². The first kappa shape index (κ1) is 8.72. The van der Waals surface area contributed by atoms with Crippen molar-refractivity contribution < 1.29 is 4.84 Å². The minimum atomic E-state index is 0. The summed E-state index contributed by atoms with van der Waals surface area (Å²) < 4.78 is 0. The Morgan fingerprint density at radius 1 is 1.67 bits per heavy atom. The largest absolute Gasteiger partial charge is 0.399 e. The van der Waals surface area contributed by atoms with Crippen LogP contribution in [-0.4, -0.2) is 25.9 Å². The van der Waals surface area contributed by atoms with Gasteiger partial charge in [0.2, 0.25) is 0 Å². The fourth-order valence-corrected chi connectivity index (χ4v) is 0.761. The Morgan fingerprint density at radius 3 is 2.89 bits per heavy atom. The van der Waals surface area contributed by atoms with Crippen molar-refractivity contribution in [1.29, 1.82) is 0 Å². The van der Waals surface area contributed by atoms with Gasteiger partial charge in [-0.1, -0.05) is 5.16 Å². The lowest BCUT2D eigenvalue weighted by atomic mass is 10.3. The first-order chi connectivity index (χ1) is 3.93. The molecule has 0 spiro atoms. The number of rotatable bonds is 1. The molecule has 1 fully saturated rings. The topological polar surface area (TPSA) is 33.6 Å². The van der Waals surface area contributed by atoms with Crippen molar-refractivity contribution in [1.82, 2.24) is 5.32 Å². The lowest BCUT2D eigenvalue weighted by Gasteiger charge is -1.88. The standard InChI is InChI=1S/C5H10N2O.ClH/c1-8-7-5-2-3-6-4-5;/h6H,2-4H2,1H3;1H/b7-5-;. The molecule has 4 heteroatoms. The van der Waals surface area contributed by atoms with E-state index >= 15 is 0 Å². The zero-order valence-corrected chi connectivity index (χ0v) is 6.20. The molecule has 54 valence electrons. The number of halogens is 1. The van der Waals surface area contributed by atoms with Gasteiger partial charge in [0.25, 0.3) is 0 Å². The minimum absolute atomic E-state index is 0. The summed E-state index contributed by atoms with van der Waals surface area (Å²) in [7, 11) is 1.57. The minimum Gasteiger partial charge on any atom is -0.399 e. The van der Waals surface area contributed by atoms with Gasteiger partial charge in [-0.05, 0) is 0 Å². The van der Waals surface area contributed by atoms with Crippen molar-refractivity contribution >= 4 is 18.1 Å². The summed E-state index contributed by atoms with van der Waals surface area (Å²) in [5, 5.41) is 6.92. The smallest absolute Gasteiger partial charge is 0.106 e. The molecule has 0 aromatic heterocycles. The summed E-state index contributed by atoms with van der Waals surface area (Å²) in [5.74, 6) is 0. The Labute approximate surface area is 60.9 Å². The highest BCUT2D eigenvalue weighted by atomic mass is 35.5. The average molecular weight is 151 g/mol. The van der Waals surface area contributed by atoms with E-state index in [0.717, 1.165) is 25.2 Å². The van der Waals surface area contributed by atoms with E-state index in [-0.39, 0.29) is 12.4 Å². The second kappa shape index (κ2) is 4.58. The Balaban J connectivity index is 0.000000640. The number of hydrogen-bond donors (Lipinski definition) is 1. The van der Waals surface area contributed by atoms with Crippen molar-refractivity contribution in [2.75, 3.05) is 20.2 Å². The molecule has 0 saturated carbocycles. The molecule has 0 amide bonds. The predicted octanol–water partition coefficient (Wildman–Crippen LogP) is 0.404. The van der Waals surface area contributed by atoms with Gasteiger partial charge < -0.3 is 10.2 Å².